The summed E-state index contributed by atoms with van der Waals surface area (Å²) >= 11 is 0. The molecule has 0 radical (unpaired) electrons. The first kappa shape index (κ1) is 12.6. The van der Waals surface area contributed by atoms with Crippen LogP contribution in [0.2, 0.25) is 0 Å². The maximum atomic E-state index is 13.1. The molecule has 2 aromatic rings. The lowest BCUT2D eigenvalue weighted by molar-refractivity contribution is 0.618. The van der Waals surface area contributed by atoms with E-state index in [4.69, 9.17) is 0 Å². The van der Waals surface area contributed by atoms with E-state index in [2.05, 4.69) is 29.6 Å². The van der Waals surface area contributed by atoms with Gasteiger partial charge in [-0.3, -0.25) is 0 Å². The van der Waals surface area contributed by atoms with Crippen molar-refractivity contribution in [3.8, 4) is 0 Å². The zero-order valence-corrected chi connectivity index (χ0v) is 10.6. The molecule has 0 saturated heterocycles. The highest BCUT2D eigenvalue weighted by molar-refractivity contribution is 5.45. The molecule has 0 aromatic heterocycles. The molecule has 2 rings (SSSR count). The standard InChI is InChI=1S/C16H18FN/c1-13-12-15(9-10-16(13)17)18-11-5-8-14-6-3-2-4-7-14/h2-4,6-7,9-10,12,18H,5,8,11H2,1H3. The Kier molecular flexibility index (Phi) is 4.35. The van der Waals surface area contributed by atoms with Crippen molar-refractivity contribution in [1.82, 2.24) is 0 Å². The van der Waals surface area contributed by atoms with E-state index in [0.29, 0.717) is 5.56 Å². The molecule has 0 heterocycles. The van der Waals surface area contributed by atoms with Gasteiger partial charge >= 0.3 is 0 Å². The average molecular weight is 243 g/mol. The SMILES string of the molecule is Cc1cc(NCCCc2ccccc2)ccc1F. The highest BCUT2D eigenvalue weighted by Gasteiger charge is 1.98. The molecule has 2 heteroatoms. The molecule has 0 atom stereocenters. The van der Waals surface area contributed by atoms with Gasteiger partial charge < -0.3 is 5.32 Å². The van der Waals surface area contributed by atoms with Gasteiger partial charge in [0, 0.05) is 12.2 Å². The molecule has 1 N–H and O–H groups in total. The third-order valence-electron chi connectivity index (χ3n) is 2.97. The lowest BCUT2D eigenvalue weighted by atomic mass is 10.1. The third kappa shape index (κ3) is 3.59. The van der Waals surface area contributed by atoms with Crippen LogP contribution in [0.5, 0.6) is 0 Å². The van der Waals surface area contributed by atoms with E-state index >= 15 is 0 Å². The summed E-state index contributed by atoms with van der Waals surface area (Å²) < 4.78 is 13.1. The Balaban J connectivity index is 1.77. The third-order valence-corrected chi connectivity index (χ3v) is 2.97. The number of aryl methyl sites for hydroxylation is 2. The van der Waals surface area contributed by atoms with Crippen LogP contribution >= 0.6 is 0 Å². The summed E-state index contributed by atoms with van der Waals surface area (Å²) in [5.41, 5.74) is 3.03. The van der Waals surface area contributed by atoms with Crippen molar-refractivity contribution in [2.45, 2.75) is 19.8 Å². The number of halogens is 1. The summed E-state index contributed by atoms with van der Waals surface area (Å²) in [5.74, 6) is -0.148. The van der Waals surface area contributed by atoms with Crippen LogP contribution in [0, 0.1) is 12.7 Å². The van der Waals surface area contributed by atoms with Gasteiger partial charge in [0.2, 0.25) is 0 Å². The molecule has 0 saturated carbocycles. The largest absolute Gasteiger partial charge is 0.385 e. The van der Waals surface area contributed by atoms with E-state index in [1.807, 2.05) is 12.1 Å². The van der Waals surface area contributed by atoms with Gasteiger partial charge in [-0.05, 0) is 49.1 Å². The molecule has 2 aromatic carbocycles. The molecule has 18 heavy (non-hydrogen) atoms. The predicted octanol–water partition coefficient (Wildman–Crippen LogP) is 4.18. The Morgan fingerprint density at radius 1 is 1.06 bits per heavy atom. The van der Waals surface area contributed by atoms with Crippen molar-refractivity contribution < 1.29 is 4.39 Å². The molecule has 0 aliphatic carbocycles. The van der Waals surface area contributed by atoms with E-state index in [-0.39, 0.29) is 5.82 Å². The van der Waals surface area contributed by atoms with Crippen LogP contribution in [0.25, 0.3) is 0 Å². The Labute approximate surface area is 108 Å². The topological polar surface area (TPSA) is 12.0 Å². The molecule has 1 nitrogen and oxygen atoms in total. The summed E-state index contributed by atoms with van der Waals surface area (Å²) in [6.07, 6.45) is 2.13. The van der Waals surface area contributed by atoms with Crippen LogP contribution in [0.1, 0.15) is 17.5 Å². The minimum absolute atomic E-state index is 0.148. The lowest BCUT2D eigenvalue weighted by Crippen LogP contribution is -2.03. The van der Waals surface area contributed by atoms with Crippen LogP contribution in [0.4, 0.5) is 10.1 Å². The molecular weight excluding hydrogens is 225 g/mol. The summed E-state index contributed by atoms with van der Waals surface area (Å²) in [5, 5.41) is 3.32. The molecule has 94 valence electrons. The average Bonchev–Trinajstić information content (AvgIpc) is 2.40. The van der Waals surface area contributed by atoms with Gasteiger partial charge in [0.1, 0.15) is 5.82 Å². The predicted molar refractivity (Wildman–Crippen MR) is 74.4 cm³/mol. The van der Waals surface area contributed by atoms with Gasteiger partial charge in [-0.2, -0.15) is 0 Å². The fraction of sp³-hybridized carbons (Fsp3) is 0.250. The number of hydrogen-bond donors (Lipinski definition) is 1. The molecule has 0 bridgehead atoms. The second kappa shape index (κ2) is 6.20. The molecule has 0 aliphatic heterocycles. The van der Waals surface area contributed by atoms with Crippen molar-refractivity contribution in [1.29, 1.82) is 0 Å². The summed E-state index contributed by atoms with van der Waals surface area (Å²) in [6, 6.07) is 15.6. The van der Waals surface area contributed by atoms with Crippen LogP contribution < -0.4 is 5.32 Å². The highest BCUT2D eigenvalue weighted by Crippen LogP contribution is 2.13. The number of anilines is 1. The van der Waals surface area contributed by atoms with Crippen molar-refractivity contribution in [3.05, 3.63) is 65.5 Å². The first-order valence-corrected chi connectivity index (χ1v) is 6.29. The van der Waals surface area contributed by atoms with Gasteiger partial charge in [0.15, 0.2) is 0 Å². The van der Waals surface area contributed by atoms with E-state index < -0.39 is 0 Å². The maximum Gasteiger partial charge on any atom is 0.126 e. The summed E-state index contributed by atoms with van der Waals surface area (Å²) in [7, 11) is 0. The first-order chi connectivity index (χ1) is 8.75. The summed E-state index contributed by atoms with van der Waals surface area (Å²) in [6.45, 7) is 2.68. The Morgan fingerprint density at radius 3 is 2.56 bits per heavy atom. The zero-order valence-electron chi connectivity index (χ0n) is 10.6. The number of nitrogens with one attached hydrogen (secondary N) is 1. The minimum Gasteiger partial charge on any atom is -0.385 e. The van der Waals surface area contributed by atoms with Crippen LogP contribution in [-0.2, 0) is 6.42 Å². The van der Waals surface area contributed by atoms with Crippen LogP contribution in [0.3, 0.4) is 0 Å². The van der Waals surface area contributed by atoms with Gasteiger partial charge in [-0.1, -0.05) is 30.3 Å². The molecule has 0 amide bonds. The molecule has 0 fully saturated rings. The first-order valence-electron chi connectivity index (χ1n) is 6.29. The molecule has 0 aliphatic rings. The number of benzene rings is 2. The fourth-order valence-electron chi connectivity index (χ4n) is 1.92. The van der Waals surface area contributed by atoms with E-state index in [0.717, 1.165) is 25.1 Å². The summed E-state index contributed by atoms with van der Waals surface area (Å²) in [4.78, 5) is 0. The highest BCUT2D eigenvalue weighted by atomic mass is 19.1. The van der Waals surface area contributed by atoms with Crippen molar-refractivity contribution in [3.63, 3.8) is 0 Å². The fourth-order valence-corrected chi connectivity index (χ4v) is 1.92. The zero-order chi connectivity index (χ0) is 12.8. The van der Waals surface area contributed by atoms with Gasteiger partial charge in [0.25, 0.3) is 0 Å². The van der Waals surface area contributed by atoms with Crippen molar-refractivity contribution in [2.24, 2.45) is 0 Å². The van der Waals surface area contributed by atoms with Crippen LogP contribution in [-0.4, -0.2) is 6.54 Å². The minimum atomic E-state index is -0.148. The second-order valence-electron chi connectivity index (χ2n) is 4.48. The Morgan fingerprint density at radius 2 is 1.83 bits per heavy atom. The van der Waals surface area contributed by atoms with Crippen molar-refractivity contribution in [2.75, 3.05) is 11.9 Å². The van der Waals surface area contributed by atoms with Crippen LogP contribution in [0.15, 0.2) is 48.5 Å². The smallest absolute Gasteiger partial charge is 0.126 e. The molecular formula is C16H18FN. The van der Waals surface area contributed by atoms with E-state index in [9.17, 15) is 4.39 Å². The van der Waals surface area contributed by atoms with Gasteiger partial charge in [-0.15, -0.1) is 0 Å². The monoisotopic (exact) mass is 243 g/mol. The quantitative estimate of drug-likeness (QED) is 0.777. The second-order valence-corrected chi connectivity index (χ2v) is 4.48. The van der Waals surface area contributed by atoms with Gasteiger partial charge in [0.05, 0.1) is 0 Å². The van der Waals surface area contributed by atoms with E-state index in [1.165, 1.54) is 11.6 Å². The lowest BCUT2D eigenvalue weighted by Gasteiger charge is -2.07. The Hall–Kier alpha value is -1.83. The Bertz CT molecular complexity index is 494. The van der Waals surface area contributed by atoms with Crippen molar-refractivity contribution >= 4 is 5.69 Å². The number of hydrogen-bond acceptors (Lipinski definition) is 1. The maximum absolute atomic E-state index is 13.1. The molecule has 0 unspecified atom stereocenters. The normalized spacial score (nSPS) is 10.3. The van der Waals surface area contributed by atoms with E-state index in [1.54, 1.807) is 13.0 Å². The number of rotatable bonds is 5. The molecule has 0 spiro atoms. The van der Waals surface area contributed by atoms with Gasteiger partial charge in [-0.25, -0.2) is 4.39 Å².